The molecule has 1 saturated heterocycles. The standard InChI is InChI=1S/C22H32N4O3/c1-13-8-7-9-26-16(13)10-23-19(26)22(5,6)24-18(27)17-14-11-25(12-15(14)17)20(28)29-21(2,3)4/h7-10,14-15,17,20,28H,11-12H2,1-6H3,(H,24,27)/t14-,15+,17+,20?. The number of carbonyl (C=O) groups excluding carboxylic acids is 1. The lowest BCUT2D eigenvalue weighted by molar-refractivity contribution is -0.236. The molecule has 0 radical (unpaired) electrons. The highest BCUT2D eigenvalue weighted by atomic mass is 16.6. The van der Waals surface area contributed by atoms with Crippen molar-refractivity contribution in [2.75, 3.05) is 13.1 Å². The molecule has 0 bridgehead atoms. The smallest absolute Gasteiger partial charge is 0.224 e. The molecule has 2 N–H and O–H groups in total. The summed E-state index contributed by atoms with van der Waals surface area (Å²) in [5.74, 6) is 1.46. The minimum atomic E-state index is -0.914. The second kappa shape index (κ2) is 6.79. The van der Waals surface area contributed by atoms with E-state index in [1.165, 1.54) is 0 Å². The van der Waals surface area contributed by atoms with Crippen LogP contribution in [0.3, 0.4) is 0 Å². The molecule has 0 spiro atoms. The predicted molar refractivity (Wildman–Crippen MR) is 110 cm³/mol. The van der Waals surface area contributed by atoms with Crippen molar-refractivity contribution < 1.29 is 14.6 Å². The van der Waals surface area contributed by atoms with E-state index in [1.807, 2.05) is 62.4 Å². The van der Waals surface area contributed by atoms with Crippen LogP contribution in [0, 0.1) is 24.7 Å². The van der Waals surface area contributed by atoms with Gasteiger partial charge in [0.2, 0.25) is 12.3 Å². The van der Waals surface area contributed by atoms with Crippen LogP contribution in [-0.4, -0.2) is 50.4 Å². The maximum absolute atomic E-state index is 13.0. The number of aromatic nitrogens is 2. The number of hydrogen-bond donors (Lipinski definition) is 2. The van der Waals surface area contributed by atoms with Crippen LogP contribution >= 0.6 is 0 Å². The number of rotatable bonds is 5. The average Bonchev–Trinajstić information content (AvgIpc) is 2.96. The average molecular weight is 401 g/mol. The second-order valence-corrected chi connectivity index (χ2v) is 10.0. The Labute approximate surface area is 172 Å². The van der Waals surface area contributed by atoms with Crippen LogP contribution in [0.1, 0.15) is 46.0 Å². The van der Waals surface area contributed by atoms with Gasteiger partial charge in [-0.05, 0) is 65.0 Å². The number of piperidine rings is 1. The number of likely N-dealkylation sites (tertiary alicyclic amines) is 1. The third-order valence-corrected chi connectivity index (χ3v) is 6.07. The second-order valence-electron chi connectivity index (χ2n) is 10.0. The van der Waals surface area contributed by atoms with E-state index in [-0.39, 0.29) is 23.7 Å². The van der Waals surface area contributed by atoms with E-state index in [0.29, 0.717) is 13.1 Å². The number of aliphatic hydroxyl groups is 1. The fourth-order valence-corrected chi connectivity index (χ4v) is 4.59. The number of aliphatic hydroxyl groups excluding tert-OH is 1. The SMILES string of the molecule is Cc1cccn2c(C(C)(C)NC(=O)[C@H]3[C@@H]4CN(C(O)OC(C)(C)C)C[C@@H]43)ncc12. The first kappa shape index (κ1) is 20.3. The normalized spacial score (nSPS) is 25.8. The highest BCUT2D eigenvalue weighted by molar-refractivity contribution is 5.83. The Morgan fingerprint density at radius 2 is 1.93 bits per heavy atom. The van der Waals surface area contributed by atoms with E-state index in [0.717, 1.165) is 16.9 Å². The minimum absolute atomic E-state index is 0.000300. The maximum Gasteiger partial charge on any atom is 0.224 e. The van der Waals surface area contributed by atoms with Crippen molar-refractivity contribution in [3.63, 3.8) is 0 Å². The number of nitrogens with zero attached hydrogens (tertiary/aromatic N) is 3. The van der Waals surface area contributed by atoms with E-state index in [1.54, 1.807) is 0 Å². The molecule has 4 rings (SSSR count). The summed E-state index contributed by atoms with van der Waals surface area (Å²) in [4.78, 5) is 19.5. The first-order valence-electron chi connectivity index (χ1n) is 10.3. The van der Waals surface area contributed by atoms with Crippen molar-refractivity contribution in [3.8, 4) is 0 Å². The van der Waals surface area contributed by atoms with Crippen LogP contribution in [0.2, 0.25) is 0 Å². The first-order chi connectivity index (χ1) is 13.5. The number of imidazole rings is 1. The number of nitrogens with one attached hydrogen (secondary N) is 1. The van der Waals surface area contributed by atoms with Crippen LogP contribution in [0.15, 0.2) is 24.5 Å². The number of pyridine rings is 1. The lowest BCUT2D eigenvalue weighted by Crippen LogP contribution is -2.46. The predicted octanol–water partition coefficient (Wildman–Crippen LogP) is 2.26. The van der Waals surface area contributed by atoms with E-state index in [2.05, 4.69) is 23.3 Å². The van der Waals surface area contributed by atoms with Crippen molar-refractivity contribution in [1.82, 2.24) is 19.6 Å². The molecule has 7 nitrogen and oxygen atoms in total. The number of aryl methyl sites for hydroxylation is 1. The number of hydrogen-bond acceptors (Lipinski definition) is 5. The zero-order valence-electron chi connectivity index (χ0n) is 18.1. The lowest BCUT2D eigenvalue weighted by Gasteiger charge is -2.31. The topological polar surface area (TPSA) is 79.1 Å². The van der Waals surface area contributed by atoms with Gasteiger partial charge in [0, 0.05) is 25.2 Å². The monoisotopic (exact) mass is 400 g/mol. The van der Waals surface area contributed by atoms with Crippen molar-refractivity contribution in [2.24, 2.45) is 17.8 Å². The molecule has 1 amide bonds. The minimum Gasteiger partial charge on any atom is -0.356 e. The maximum atomic E-state index is 13.0. The van der Waals surface area contributed by atoms with Gasteiger partial charge >= 0.3 is 0 Å². The van der Waals surface area contributed by atoms with Gasteiger partial charge in [-0.1, -0.05) is 6.07 Å². The molecule has 2 aliphatic rings. The number of ether oxygens (including phenoxy) is 1. The zero-order chi connectivity index (χ0) is 21.1. The Bertz CT molecular complexity index is 918. The van der Waals surface area contributed by atoms with Gasteiger partial charge in [-0.3, -0.25) is 9.69 Å². The summed E-state index contributed by atoms with van der Waals surface area (Å²) in [5.41, 5.74) is 1.22. The summed E-state index contributed by atoms with van der Waals surface area (Å²) >= 11 is 0. The molecule has 2 fully saturated rings. The first-order valence-corrected chi connectivity index (χ1v) is 10.3. The van der Waals surface area contributed by atoms with E-state index in [9.17, 15) is 9.90 Å². The van der Waals surface area contributed by atoms with Gasteiger partial charge in [-0.25, -0.2) is 4.98 Å². The molecule has 3 heterocycles. The molecule has 1 aliphatic carbocycles. The summed E-state index contributed by atoms with van der Waals surface area (Å²) in [6.07, 6.45) is 2.93. The summed E-state index contributed by atoms with van der Waals surface area (Å²) in [6, 6.07) is 4.05. The van der Waals surface area contributed by atoms with Gasteiger partial charge in [0.05, 0.1) is 22.9 Å². The molecule has 2 aromatic heterocycles. The molecular weight excluding hydrogens is 368 g/mol. The Morgan fingerprint density at radius 1 is 1.28 bits per heavy atom. The molecule has 7 heteroatoms. The number of carbonyl (C=O) groups is 1. The third-order valence-electron chi connectivity index (χ3n) is 6.07. The van der Waals surface area contributed by atoms with Gasteiger partial charge in [-0.15, -0.1) is 0 Å². The van der Waals surface area contributed by atoms with Crippen molar-refractivity contribution >= 4 is 11.4 Å². The van der Waals surface area contributed by atoms with Crippen LogP contribution in [0.5, 0.6) is 0 Å². The van der Waals surface area contributed by atoms with Gasteiger partial charge in [0.1, 0.15) is 5.82 Å². The quantitative estimate of drug-likeness (QED) is 0.753. The van der Waals surface area contributed by atoms with Gasteiger partial charge in [-0.2, -0.15) is 0 Å². The summed E-state index contributed by atoms with van der Waals surface area (Å²) < 4.78 is 7.68. The zero-order valence-corrected chi connectivity index (χ0v) is 18.1. The molecule has 1 aliphatic heterocycles. The molecule has 4 atom stereocenters. The fourth-order valence-electron chi connectivity index (χ4n) is 4.59. The molecule has 0 aromatic carbocycles. The van der Waals surface area contributed by atoms with Crippen molar-refractivity contribution in [3.05, 3.63) is 35.9 Å². The summed E-state index contributed by atoms with van der Waals surface area (Å²) in [5, 5.41) is 13.5. The third kappa shape index (κ3) is 3.79. The summed E-state index contributed by atoms with van der Waals surface area (Å²) in [7, 11) is 0. The van der Waals surface area contributed by atoms with Crippen LogP contribution in [0.25, 0.3) is 5.52 Å². The fraction of sp³-hybridized carbons (Fsp3) is 0.636. The number of amides is 1. The Hall–Kier alpha value is -1.96. The Morgan fingerprint density at radius 3 is 2.55 bits per heavy atom. The summed E-state index contributed by atoms with van der Waals surface area (Å²) in [6.45, 7) is 13.2. The molecule has 2 aromatic rings. The van der Waals surface area contributed by atoms with Crippen molar-refractivity contribution in [1.29, 1.82) is 0 Å². The van der Waals surface area contributed by atoms with E-state index in [4.69, 9.17) is 4.74 Å². The van der Waals surface area contributed by atoms with E-state index >= 15 is 0 Å². The van der Waals surface area contributed by atoms with Crippen LogP contribution in [-0.2, 0) is 15.1 Å². The Kier molecular flexibility index (Phi) is 4.76. The molecular formula is C22H32N4O3. The van der Waals surface area contributed by atoms with E-state index < -0.39 is 17.6 Å². The molecule has 1 unspecified atom stereocenters. The van der Waals surface area contributed by atoms with Gasteiger partial charge < -0.3 is 19.6 Å². The molecule has 1 saturated carbocycles. The highest BCUT2D eigenvalue weighted by Crippen LogP contribution is 2.52. The number of fused-ring (bicyclic) bond motifs is 2. The van der Waals surface area contributed by atoms with Gasteiger partial charge in [0.15, 0.2) is 0 Å². The van der Waals surface area contributed by atoms with Crippen LogP contribution < -0.4 is 5.32 Å². The Balaban J connectivity index is 1.39. The van der Waals surface area contributed by atoms with Gasteiger partial charge in [0.25, 0.3) is 0 Å². The largest absolute Gasteiger partial charge is 0.356 e. The van der Waals surface area contributed by atoms with Crippen LogP contribution in [0.4, 0.5) is 0 Å². The van der Waals surface area contributed by atoms with Crippen molar-refractivity contribution in [2.45, 2.75) is 59.1 Å². The lowest BCUT2D eigenvalue weighted by atomic mass is 10.0. The highest BCUT2D eigenvalue weighted by Gasteiger charge is 2.60. The molecule has 158 valence electrons. The molecule has 29 heavy (non-hydrogen) atoms.